The average molecular weight is 264 g/mol. The van der Waals surface area contributed by atoms with Crippen molar-refractivity contribution in [3.8, 4) is 5.88 Å². The number of ether oxygens (including phenoxy) is 1. The number of nitrogens with zero attached hydrogens (tertiary/aromatic N) is 1. The van der Waals surface area contributed by atoms with Gasteiger partial charge in [0.15, 0.2) is 0 Å². The van der Waals surface area contributed by atoms with Crippen LogP contribution in [0.2, 0.25) is 0 Å². The molecule has 1 unspecified atom stereocenters. The van der Waals surface area contributed by atoms with E-state index in [1.54, 1.807) is 26.1 Å². The van der Waals surface area contributed by atoms with Crippen molar-refractivity contribution >= 4 is 17.4 Å². The first kappa shape index (κ1) is 13.5. The Kier molecular flexibility index (Phi) is 4.09. The van der Waals surface area contributed by atoms with Gasteiger partial charge in [-0.25, -0.2) is 0 Å². The minimum Gasteiger partial charge on any atom is -0.476 e. The summed E-state index contributed by atoms with van der Waals surface area (Å²) in [7, 11) is 1.60. The van der Waals surface area contributed by atoms with Crippen LogP contribution in [0.1, 0.15) is 19.8 Å². The maximum absolute atomic E-state index is 11.4. The summed E-state index contributed by atoms with van der Waals surface area (Å²) < 4.78 is 5.59. The summed E-state index contributed by atoms with van der Waals surface area (Å²) >= 11 is 0. The van der Waals surface area contributed by atoms with Gasteiger partial charge in [-0.05, 0) is 37.8 Å². The fraction of sp³-hybridized carbons (Fsp3) is 0.538. The second-order valence-electron chi connectivity index (χ2n) is 4.83. The highest BCUT2D eigenvalue weighted by Gasteiger charge is 2.22. The highest BCUT2D eigenvalue weighted by atomic mass is 16.5. The number of hydrogen-bond donors (Lipinski definition) is 3. The Hall–Kier alpha value is -1.98. The molecule has 0 saturated heterocycles. The van der Waals surface area contributed by atoms with E-state index in [4.69, 9.17) is 10.5 Å². The molecular weight excluding hydrogens is 244 g/mol. The Balaban J connectivity index is 2.00. The van der Waals surface area contributed by atoms with Gasteiger partial charge in [-0.1, -0.05) is 0 Å². The van der Waals surface area contributed by atoms with Crippen LogP contribution in [-0.4, -0.2) is 30.6 Å². The normalized spacial score (nSPS) is 15.7. The molecule has 0 aromatic carbocycles. The van der Waals surface area contributed by atoms with Gasteiger partial charge in [-0.2, -0.15) is 4.98 Å². The molecule has 1 fully saturated rings. The molecule has 1 aromatic rings. The van der Waals surface area contributed by atoms with E-state index in [0.29, 0.717) is 29.9 Å². The van der Waals surface area contributed by atoms with E-state index in [2.05, 4.69) is 15.6 Å². The van der Waals surface area contributed by atoms with Crippen LogP contribution in [-0.2, 0) is 4.79 Å². The maximum Gasteiger partial charge on any atom is 0.241 e. The van der Waals surface area contributed by atoms with Crippen LogP contribution in [0.25, 0.3) is 0 Å². The highest BCUT2D eigenvalue weighted by Crippen LogP contribution is 2.30. The van der Waals surface area contributed by atoms with E-state index in [0.717, 1.165) is 0 Å². The number of rotatable bonds is 6. The quantitative estimate of drug-likeness (QED) is 0.713. The zero-order valence-corrected chi connectivity index (χ0v) is 11.3. The van der Waals surface area contributed by atoms with Crippen LogP contribution in [0.4, 0.5) is 11.5 Å². The summed E-state index contributed by atoms with van der Waals surface area (Å²) in [6.45, 7) is 2.42. The van der Waals surface area contributed by atoms with E-state index >= 15 is 0 Å². The number of carbonyl (C=O) groups excluding carboxylic acids is 1. The van der Waals surface area contributed by atoms with Gasteiger partial charge < -0.3 is 21.1 Å². The zero-order chi connectivity index (χ0) is 13.8. The third-order valence-corrected chi connectivity index (χ3v) is 3.05. The third-order valence-electron chi connectivity index (χ3n) is 3.05. The molecule has 0 bridgehead atoms. The second kappa shape index (κ2) is 5.77. The number of amides is 1. The topological polar surface area (TPSA) is 89.3 Å². The highest BCUT2D eigenvalue weighted by molar-refractivity contribution is 5.83. The summed E-state index contributed by atoms with van der Waals surface area (Å²) in [5.74, 6) is 1.55. The lowest BCUT2D eigenvalue weighted by molar-refractivity contribution is -0.121. The molecule has 104 valence electrons. The minimum atomic E-state index is -0.364. The molecule has 4 N–H and O–H groups in total. The lowest BCUT2D eigenvalue weighted by Crippen LogP contribution is -2.35. The average Bonchev–Trinajstić information content (AvgIpc) is 3.22. The molecule has 1 amide bonds. The van der Waals surface area contributed by atoms with E-state index in [9.17, 15) is 4.79 Å². The molecule has 1 aromatic heterocycles. The van der Waals surface area contributed by atoms with Gasteiger partial charge in [0.1, 0.15) is 11.9 Å². The summed E-state index contributed by atoms with van der Waals surface area (Å²) in [6.07, 6.45) is 2.43. The minimum absolute atomic E-state index is 0.0981. The van der Waals surface area contributed by atoms with E-state index in [-0.39, 0.29) is 11.9 Å². The van der Waals surface area contributed by atoms with Crippen molar-refractivity contribution in [2.24, 2.45) is 5.92 Å². The van der Waals surface area contributed by atoms with Gasteiger partial charge in [0.25, 0.3) is 0 Å². The number of aromatic nitrogens is 1. The van der Waals surface area contributed by atoms with Crippen molar-refractivity contribution in [1.29, 1.82) is 0 Å². The number of pyridine rings is 1. The summed E-state index contributed by atoms with van der Waals surface area (Å²) in [6, 6.07) is 3.10. The Labute approximate surface area is 112 Å². The van der Waals surface area contributed by atoms with Gasteiger partial charge in [0, 0.05) is 7.05 Å². The van der Waals surface area contributed by atoms with Gasteiger partial charge in [-0.15, -0.1) is 0 Å². The number of likely N-dealkylation sites (N-methyl/N-ethyl adjacent to an activating group) is 1. The predicted molar refractivity (Wildman–Crippen MR) is 74.0 cm³/mol. The van der Waals surface area contributed by atoms with Crippen LogP contribution < -0.4 is 21.1 Å². The molecule has 1 atom stereocenters. The van der Waals surface area contributed by atoms with Crippen LogP contribution in [0.3, 0.4) is 0 Å². The van der Waals surface area contributed by atoms with Crippen molar-refractivity contribution in [2.45, 2.75) is 25.8 Å². The van der Waals surface area contributed by atoms with Crippen molar-refractivity contribution in [3.05, 3.63) is 12.1 Å². The number of anilines is 2. The molecule has 1 saturated carbocycles. The van der Waals surface area contributed by atoms with Crippen molar-refractivity contribution < 1.29 is 9.53 Å². The molecular formula is C13H20N4O2. The van der Waals surface area contributed by atoms with E-state index in [1.807, 2.05) is 0 Å². The lowest BCUT2D eigenvalue weighted by atomic mass is 10.3. The fourth-order valence-electron chi connectivity index (χ4n) is 1.63. The number of nitrogen functional groups attached to an aromatic ring is 1. The van der Waals surface area contributed by atoms with Crippen LogP contribution in [0, 0.1) is 5.92 Å². The molecule has 0 spiro atoms. The smallest absolute Gasteiger partial charge is 0.241 e. The van der Waals surface area contributed by atoms with Gasteiger partial charge in [-0.3, -0.25) is 4.79 Å². The number of nitrogens with two attached hydrogens (primary N) is 1. The van der Waals surface area contributed by atoms with Crippen LogP contribution >= 0.6 is 0 Å². The molecule has 19 heavy (non-hydrogen) atoms. The lowest BCUT2D eigenvalue weighted by Gasteiger charge is -2.14. The van der Waals surface area contributed by atoms with Crippen LogP contribution in [0.15, 0.2) is 12.1 Å². The number of hydrogen-bond acceptors (Lipinski definition) is 5. The number of carbonyl (C=O) groups is 1. The van der Waals surface area contributed by atoms with Gasteiger partial charge >= 0.3 is 0 Å². The SMILES string of the molecule is CNC(=O)C(C)Nc1ccc(N)c(OCC2CC2)n1. The van der Waals surface area contributed by atoms with E-state index in [1.165, 1.54) is 12.8 Å². The third kappa shape index (κ3) is 3.74. The molecule has 6 nitrogen and oxygen atoms in total. The monoisotopic (exact) mass is 264 g/mol. The first-order valence-corrected chi connectivity index (χ1v) is 6.47. The van der Waals surface area contributed by atoms with Crippen molar-refractivity contribution in [1.82, 2.24) is 10.3 Å². The molecule has 6 heteroatoms. The maximum atomic E-state index is 11.4. The molecule has 2 rings (SSSR count). The Morgan fingerprint density at radius 2 is 2.32 bits per heavy atom. The first-order valence-electron chi connectivity index (χ1n) is 6.47. The Bertz CT molecular complexity index is 460. The Morgan fingerprint density at radius 1 is 1.58 bits per heavy atom. The first-order chi connectivity index (χ1) is 9.10. The second-order valence-corrected chi connectivity index (χ2v) is 4.83. The van der Waals surface area contributed by atoms with Crippen LogP contribution in [0.5, 0.6) is 5.88 Å². The molecule has 1 aliphatic carbocycles. The predicted octanol–water partition coefficient (Wildman–Crippen LogP) is 0.999. The number of nitrogens with one attached hydrogen (secondary N) is 2. The molecule has 1 aliphatic rings. The summed E-state index contributed by atoms with van der Waals surface area (Å²) in [5, 5.41) is 5.58. The molecule has 0 aliphatic heterocycles. The fourth-order valence-corrected chi connectivity index (χ4v) is 1.63. The largest absolute Gasteiger partial charge is 0.476 e. The van der Waals surface area contributed by atoms with E-state index < -0.39 is 0 Å². The van der Waals surface area contributed by atoms with Gasteiger partial charge in [0.05, 0.1) is 12.3 Å². The summed E-state index contributed by atoms with van der Waals surface area (Å²) in [5.41, 5.74) is 6.33. The zero-order valence-electron chi connectivity index (χ0n) is 11.3. The summed E-state index contributed by atoms with van der Waals surface area (Å²) in [4.78, 5) is 15.7. The standard InChI is InChI=1S/C13H20N4O2/c1-8(12(18)15-2)16-11-6-5-10(14)13(17-11)19-7-9-3-4-9/h5-6,8-9H,3-4,7,14H2,1-2H3,(H,15,18)(H,16,17). The molecule has 0 radical (unpaired) electrons. The Morgan fingerprint density at radius 3 is 2.95 bits per heavy atom. The molecule has 1 heterocycles. The van der Waals surface area contributed by atoms with Crippen molar-refractivity contribution in [2.75, 3.05) is 24.7 Å². The van der Waals surface area contributed by atoms with Crippen molar-refractivity contribution in [3.63, 3.8) is 0 Å². The van der Waals surface area contributed by atoms with Gasteiger partial charge in [0.2, 0.25) is 11.8 Å².